The van der Waals surface area contributed by atoms with Gasteiger partial charge in [-0.1, -0.05) is 19.1 Å². The Morgan fingerprint density at radius 3 is 2.80 bits per heavy atom. The van der Waals surface area contributed by atoms with E-state index >= 15 is 0 Å². The van der Waals surface area contributed by atoms with E-state index in [1.165, 1.54) is 18.9 Å². The van der Waals surface area contributed by atoms with E-state index in [1.54, 1.807) is 0 Å². The maximum atomic E-state index is 9.33. The lowest BCUT2D eigenvalue weighted by atomic mass is 10.0. The molecule has 0 N–H and O–H groups in total. The molecule has 0 amide bonds. The molecule has 0 unspecified atom stereocenters. The first-order chi connectivity index (χ1) is 14.5. The summed E-state index contributed by atoms with van der Waals surface area (Å²) in [6.45, 7) is 5.97. The molecule has 0 saturated heterocycles. The fourth-order valence-corrected chi connectivity index (χ4v) is 5.17. The van der Waals surface area contributed by atoms with Crippen LogP contribution in [0.5, 0.6) is 0 Å². The Kier molecular flexibility index (Phi) is 6.71. The minimum atomic E-state index is -0.199. The van der Waals surface area contributed by atoms with Crippen molar-refractivity contribution in [3.8, 4) is 17.5 Å². The van der Waals surface area contributed by atoms with Crippen molar-refractivity contribution >= 4 is 24.7 Å². The topological polar surface area (TPSA) is 76.6 Å². The molecule has 0 spiro atoms. The molecule has 2 fully saturated rings. The number of ether oxygens (including phenoxy) is 1. The van der Waals surface area contributed by atoms with Crippen molar-refractivity contribution in [2.75, 3.05) is 6.61 Å². The summed E-state index contributed by atoms with van der Waals surface area (Å²) >= 11 is 3.67. The number of hydrogen-bond donors (Lipinski definition) is 0. The minimum absolute atomic E-state index is 0.132. The summed E-state index contributed by atoms with van der Waals surface area (Å²) in [4.78, 5) is 14.1. The Hall–Kier alpha value is -1.56. The first-order valence-corrected chi connectivity index (χ1v) is 14.4. The smallest absolute Gasteiger partial charge is 0.134 e. The van der Waals surface area contributed by atoms with Gasteiger partial charge in [-0.2, -0.15) is 5.26 Å². The highest BCUT2D eigenvalue weighted by molar-refractivity contribution is 9.10. The Labute approximate surface area is 188 Å². The van der Waals surface area contributed by atoms with Crippen LogP contribution in [-0.4, -0.2) is 34.9 Å². The molecule has 4 rings (SSSR count). The molecule has 0 aromatic carbocycles. The monoisotopic (exact) mass is 486 g/mol. The molecular formula is C22H29BrN5OSi. The number of imidazole rings is 1. The molecular weight excluding hydrogens is 458 g/mol. The van der Waals surface area contributed by atoms with Gasteiger partial charge >= 0.3 is 0 Å². The molecule has 2 heterocycles. The fourth-order valence-electron chi connectivity index (χ4n) is 3.72. The van der Waals surface area contributed by atoms with Crippen molar-refractivity contribution < 1.29 is 4.74 Å². The molecule has 0 bridgehead atoms. The van der Waals surface area contributed by atoms with Gasteiger partial charge in [-0.15, -0.1) is 0 Å². The molecule has 1 radical (unpaired) electrons. The van der Waals surface area contributed by atoms with Crippen LogP contribution in [0.2, 0.25) is 19.1 Å². The number of aromatic nitrogens is 4. The maximum Gasteiger partial charge on any atom is 0.134 e. The third kappa shape index (κ3) is 5.19. The standard InChI is InChI=1S/C22H29BrN5OSi/c1-30(2)13-3-12-29-15-28-19(20(23)27-21(28)16-4-5-16)17-7-11-25-18(26-17)6-8-22(14-24)9-10-22/h7,11,16H,3-6,8-10,12-13,15H2,1-2H3. The van der Waals surface area contributed by atoms with E-state index < -0.39 is 0 Å². The van der Waals surface area contributed by atoms with Crippen molar-refractivity contribution in [3.63, 3.8) is 0 Å². The maximum absolute atomic E-state index is 9.33. The van der Waals surface area contributed by atoms with Gasteiger partial charge in [0.25, 0.3) is 0 Å². The quantitative estimate of drug-likeness (QED) is 0.316. The number of nitriles is 1. The molecule has 8 heteroatoms. The third-order valence-electron chi connectivity index (χ3n) is 5.95. The van der Waals surface area contributed by atoms with Crippen molar-refractivity contribution in [1.29, 1.82) is 5.26 Å². The van der Waals surface area contributed by atoms with Crippen molar-refractivity contribution in [2.24, 2.45) is 5.41 Å². The van der Waals surface area contributed by atoms with Crippen LogP contribution in [0.3, 0.4) is 0 Å². The first kappa shape index (κ1) is 21.7. The lowest BCUT2D eigenvalue weighted by Crippen LogP contribution is -2.11. The van der Waals surface area contributed by atoms with Crippen LogP contribution >= 0.6 is 15.9 Å². The van der Waals surface area contributed by atoms with Crippen LogP contribution in [0.15, 0.2) is 16.9 Å². The van der Waals surface area contributed by atoms with E-state index in [-0.39, 0.29) is 14.2 Å². The molecule has 2 saturated carbocycles. The molecule has 30 heavy (non-hydrogen) atoms. The average molecular weight is 487 g/mol. The van der Waals surface area contributed by atoms with Gasteiger partial charge in [0.05, 0.1) is 17.2 Å². The van der Waals surface area contributed by atoms with E-state index in [2.05, 4.69) is 44.6 Å². The number of nitrogens with zero attached hydrogens (tertiary/aromatic N) is 5. The number of halogens is 1. The summed E-state index contributed by atoms with van der Waals surface area (Å²) in [6.07, 6.45) is 8.88. The van der Waals surface area contributed by atoms with Gasteiger partial charge in [-0.25, -0.2) is 15.0 Å². The average Bonchev–Trinajstić information content (AvgIpc) is 3.65. The van der Waals surface area contributed by atoms with Crippen LogP contribution in [0.4, 0.5) is 0 Å². The summed E-state index contributed by atoms with van der Waals surface area (Å²) in [5, 5.41) is 9.33. The van der Waals surface area contributed by atoms with Crippen molar-refractivity contribution in [2.45, 2.75) is 76.7 Å². The SMILES string of the molecule is C[Si](C)CCCOCn1c(C2CC2)nc(Br)c1-c1ccnc(CCC2(C#N)CC2)n1. The second-order valence-electron chi connectivity index (χ2n) is 8.91. The van der Waals surface area contributed by atoms with Crippen molar-refractivity contribution in [1.82, 2.24) is 19.5 Å². The molecule has 2 aliphatic carbocycles. The summed E-state index contributed by atoms with van der Waals surface area (Å²) < 4.78 is 9.06. The van der Waals surface area contributed by atoms with Gasteiger partial charge < -0.3 is 9.30 Å². The molecule has 6 nitrogen and oxygen atoms in total. The lowest BCUT2D eigenvalue weighted by Gasteiger charge is -2.13. The molecule has 159 valence electrons. The Morgan fingerprint density at radius 2 is 2.13 bits per heavy atom. The lowest BCUT2D eigenvalue weighted by molar-refractivity contribution is 0.0764. The summed E-state index contributed by atoms with van der Waals surface area (Å²) in [7, 11) is -0.199. The zero-order valence-electron chi connectivity index (χ0n) is 17.8. The number of hydrogen-bond acceptors (Lipinski definition) is 5. The van der Waals surface area contributed by atoms with Crippen LogP contribution in [-0.2, 0) is 17.9 Å². The highest BCUT2D eigenvalue weighted by atomic mass is 79.9. The van der Waals surface area contributed by atoms with Crippen LogP contribution in [0, 0.1) is 16.7 Å². The molecule has 2 aromatic heterocycles. The predicted molar refractivity (Wildman–Crippen MR) is 121 cm³/mol. The second kappa shape index (κ2) is 9.29. The number of rotatable bonds is 11. The first-order valence-electron chi connectivity index (χ1n) is 10.9. The normalized spacial score (nSPS) is 17.3. The molecule has 2 aromatic rings. The molecule has 0 aliphatic heterocycles. The Morgan fingerprint density at radius 1 is 1.33 bits per heavy atom. The summed E-state index contributed by atoms with van der Waals surface area (Å²) in [5.41, 5.74) is 1.70. The fraction of sp³-hybridized carbons (Fsp3) is 0.636. The molecule has 0 atom stereocenters. The zero-order chi connectivity index (χ0) is 21.1. The van der Waals surface area contributed by atoms with Crippen molar-refractivity contribution in [3.05, 3.63) is 28.5 Å². The van der Waals surface area contributed by atoms with Crippen LogP contribution in [0.25, 0.3) is 11.4 Å². The van der Waals surface area contributed by atoms with Gasteiger partial charge in [-0.05, 0) is 60.5 Å². The Balaban J connectivity index is 1.51. The van der Waals surface area contributed by atoms with Gasteiger partial charge in [-0.3, -0.25) is 0 Å². The highest BCUT2D eigenvalue weighted by Crippen LogP contribution is 2.48. The Bertz CT molecular complexity index is 930. The zero-order valence-corrected chi connectivity index (χ0v) is 20.4. The van der Waals surface area contributed by atoms with E-state index in [4.69, 9.17) is 14.7 Å². The van der Waals surface area contributed by atoms with E-state index in [0.29, 0.717) is 12.6 Å². The second-order valence-corrected chi connectivity index (χ2v) is 12.6. The van der Waals surface area contributed by atoms with Crippen LogP contribution < -0.4 is 0 Å². The van der Waals surface area contributed by atoms with Crippen LogP contribution in [0.1, 0.15) is 56.1 Å². The third-order valence-corrected chi connectivity index (χ3v) is 7.86. The van der Waals surface area contributed by atoms with Gasteiger partial charge in [0, 0.05) is 33.9 Å². The highest BCUT2D eigenvalue weighted by Gasteiger charge is 2.42. The molecule has 2 aliphatic rings. The number of aryl methyl sites for hydroxylation is 1. The van der Waals surface area contributed by atoms with Gasteiger partial charge in [0.1, 0.15) is 28.7 Å². The minimum Gasteiger partial charge on any atom is -0.361 e. The van der Waals surface area contributed by atoms with E-state index in [9.17, 15) is 5.26 Å². The van der Waals surface area contributed by atoms with Gasteiger partial charge in [0.15, 0.2) is 0 Å². The van der Waals surface area contributed by atoms with E-state index in [1.807, 2.05) is 12.3 Å². The van der Waals surface area contributed by atoms with E-state index in [0.717, 1.165) is 66.4 Å². The predicted octanol–water partition coefficient (Wildman–Crippen LogP) is 5.33. The van der Waals surface area contributed by atoms with Gasteiger partial charge in [0.2, 0.25) is 0 Å². The summed E-state index contributed by atoms with van der Waals surface area (Å²) in [5.74, 6) is 2.41. The summed E-state index contributed by atoms with van der Waals surface area (Å²) in [6, 6.07) is 5.68. The largest absolute Gasteiger partial charge is 0.361 e.